The summed E-state index contributed by atoms with van der Waals surface area (Å²) in [4.78, 5) is 8.08. The van der Waals surface area contributed by atoms with Crippen LogP contribution in [0.1, 0.15) is 37.4 Å². The fourth-order valence-corrected chi connectivity index (χ4v) is 3.27. The number of rotatable bonds is 5. The van der Waals surface area contributed by atoms with Crippen molar-refractivity contribution in [3.63, 3.8) is 0 Å². The standard InChI is InChI=1S/C21H25F3N4O2.HI/c1-20(2)11-16(15-6-4-5-7-17(15)30-20)28-19(25-3)27-12-14-8-9-26-18(10-14)29-13-21(22,23)24;/h4-10,16H,11-13H2,1-3H3,(H2,25,27,28);1H. The molecule has 1 aliphatic heterocycles. The van der Waals surface area contributed by atoms with Gasteiger partial charge in [-0.2, -0.15) is 13.2 Å². The number of ether oxygens (including phenoxy) is 2. The van der Waals surface area contributed by atoms with Gasteiger partial charge in [-0.15, -0.1) is 24.0 Å². The van der Waals surface area contributed by atoms with Crippen molar-refractivity contribution >= 4 is 29.9 Å². The molecule has 0 bridgehead atoms. The van der Waals surface area contributed by atoms with E-state index in [0.29, 0.717) is 12.5 Å². The first-order chi connectivity index (χ1) is 14.1. The molecule has 1 aromatic heterocycles. The second kappa shape index (κ2) is 10.4. The monoisotopic (exact) mass is 550 g/mol. The van der Waals surface area contributed by atoms with Gasteiger partial charge >= 0.3 is 6.18 Å². The number of aromatic nitrogens is 1. The number of hydrogen-bond acceptors (Lipinski definition) is 4. The Morgan fingerprint density at radius 2 is 2.03 bits per heavy atom. The fourth-order valence-electron chi connectivity index (χ4n) is 3.27. The Kier molecular flexibility index (Phi) is 8.38. The second-order valence-corrected chi connectivity index (χ2v) is 7.63. The third kappa shape index (κ3) is 7.44. The molecule has 6 nitrogen and oxygen atoms in total. The maximum atomic E-state index is 12.3. The van der Waals surface area contributed by atoms with Gasteiger partial charge in [0.05, 0.1) is 6.04 Å². The highest BCUT2D eigenvalue weighted by molar-refractivity contribution is 14.0. The van der Waals surface area contributed by atoms with Crippen molar-refractivity contribution in [1.82, 2.24) is 15.6 Å². The third-order valence-corrected chi connectivity index (χ3v) is 4.55. The van der Waals surface area contributed by atoms with E-state index in [1.165, 1.54) is 12.3 Å². The number of benzene rings is 1. The van der Waals surface area contributed by atoms with Gasteiger partial charge in [-0.05, 0) is 31.5 Å². The maximum Gasteiger partial charge on any atom is 0.422 e. The van der Waals surface area contributed by atoms with Gasteiger partial charge in [-0.1, -0.05) is 18.2 Å². The van der Waals surface area contributed by atoms with E-state index in [-0.39, 0.29) is 41.5 Å². The van der Waals surface area contributed by atoms with Crippen molar-refractivity contribution < 1.29 is 22.6 Å². The molecule has 31 heavy (non-hydrogen) atoms. The summed E-state index contributed by atoms with van der Waals surface area (Å²) in [5, 5.41) is 6.59. The number of guanidine groups is 1. The van der Waals surface area contributed by atoms with Gasteiger partial charge < -0.3 is 20.1 Å². The Balaban J connectivity index is 0.00000341. The van der Waals surface area contributed by atoms with E-state index >= 15 is 0 Å². The maximum absolute atomic E-state index is 12.3. The highest BCUT2D eigenvalue weighted by atomic mass is 127. The smallest absolute Gasteiger partial charge is 0.422 e. The summed E-state index contributed by atoms with van der Waals surface area (Å²) < 4.78 is 47.7. The number of hydrogen-bond donors (Lipinski definition) is 2. The molecule has 0 fully saturated rings. The molecule has 0 aliphatic carbocycles. The van der Waals surface area contributed by atoms with Crippen LogP contribution in [-0.4, -0.2) is 36.4 Å². The zero-order valence-electron chi connectivity index (χ0n) is 17.5. The normalized spacial score (nSPS) is 17.6. The quantitative estimate of drug-likeness (QED) is 0.324. The number of pyridine rings is 1. The number of aliphatic imine (C=N–C) groups is 1. The number of nitrogens with one attached hydrogen (secondary N) is 2. The van der Waals surface area contributed by atoms with Crippen molar-refractivity contribution in [3.8, 4) is 11.6 Å². The Hall–Kier alpha value is -2.24. The molecule has 1 atom stereocenters. The van der Waals surface area contributed by atoms with Crippen LogP contribution in [-0.2, 0) is 6.54 Å². The van der Waals surface area contributed by atoms with E-state index < -0.39 is 12.8 Å². The summed E-state index contributed by atoms with van der Waals surface area (Å²) in [6.07, 6.45) is -2.25. The van der Waals surface area contributed by atoms with Crippen LogP contribution in [0.2, 0.25) is 0 Å². The number of nitrogens with zero attached hydrogens (tertiary/aromatic N) is 2. The van der Waals surface area contributed by atoms with E-state index in [0.717, 1.165) is 23.3 Å². The molecule has 1 unspecified atom stereocenters. The zero-order valence-corrected chi connectivity index (χ0v) is 19.8. The van der Waals surface area contributed by atoms with Gasteiger partial charge in [0, 0.05) is 37.8 Å². The lowest BCUT2D eigenvalue weighted by Gasteiger charge is -2.38. The third-order valence-electron chi connectivity index (χ3n) is 4.55. The van der Waals surface area contributed by atoms with Gasteiger partial charge in [0.25, 0.3) is 0 Å². The lowest BCUT2D eigenvalue weighted by molar-refractivity contribution is -0.154. The average molecular weight is 550 g/mol. The molecule has 170 valence electrons. The molecule has 2 heterocycles. The Morgan fingerprint density at radius 1 is 1.29 bits per heavy atom. The van der Waals surface area contributed by atoms with Crippen molar-refractivity contribution in [2.24, 2.45) is 4.99 Å². The molecule has 0 saturated heterocycles. The molecule has 2 N–H and O–H groups in total. The molecule has 2 aromatic rings. The van der Waals surface area contributed by atoms with Gasteiger partial charge in [0.1, 0.15) is 11.4 Å². The van der Waals surface area contributed by atoms with Gasteiger partial charge in [0.15, 0.2) is 12.6 Å². The summed E-state index contributed by atoms with van der Waals surface area (Å²) in [6.45, 7) is 3.04. The lowest BCUT2D eigenvalue weighted by atomic mass is 9.90. The van der Waals surface area contributed by atoms with E-state index in [1.807, 2.05) is 38.1 Å². The van der Waals surface area contributed by atoms with Gasteiger partial charge in [-0.25, -0.2) is 4.98 Å². The van der Waals surface area contributed by atoms with Gasteiger partial charge in [-0.3, -0.25) is 4.99 Å². The summed E-state index contributed by atoms with van der Waals surface area (Å²) in [7, 11) is 1.66. The molecular formula is C21H26F3IN4O2. The predicted octanol–water partition coefficient (Wildman–Crippen LogP) is 4.61. The summed E-state index contributed by atoms with van der Waals surface area (Å²) in [6, 6.07) is 11.0. The van der Waals surface area contributed by atoms with Crippen molar-refractivity contribution in [1.29, 1.82) is 0 Å². The molecule has 0 amide bonds. The largest absolute Gasteiger partial charge is 0.487 e. The molecule has 1 aliphatic rings. The van der Waals surface area contributed by atoms with Crippen LogP contribution in [0.25, 0.3) is 0 Å². The molecular weight excluding hydrogens is 524 g/mol. The first kappa shape index (κ1) is 25.0. The Labute approximate surface area is 196 Å². The Bertz CT molecular complexity index is 906. The summed E-state index contributed by atoms with van der Waals surface area (Å²) >= 11 is 0. The highest BCUT2D eigenvalue weighted by Crippen LogP contribution is 2.39. The number of para-hydroxylation sites is 1. The molecule has 0 spiro atoms. The average Bonchev–Trinajstić information content (AvgIpc) is 2.68. The van der Waals surface area contributed by atoms with E-state index in [4.69, 9.17) is 9.47 Å². The molecule has 10 heteroatoms. The minimum atomic E-state index is -4.41. The predicted molar refractivity (Wildman–Crippen MR) is 123 cm³/mol. The second-order valence-electron chi connectivity index (χ2n) is 7.63. The van der Waals surface area contributed by atoms with E-state index in [1.54, 1.807) is 13.1 Å². The van der Waals surface area contributed by atoms with E-state index in [9.17, 15) is 13.2 Å². The highest BCUT2D eigenvalue weighted by Gasteiger charge is 2.34. The van der Waals surface area contributed by atoms with Crippen LogP contribution in [0, 0.1) is 0 Å². The summed E-state index contributed by atoms with van der Waals surface area (Å²) in [5.74, 6) is 1.33. The van der Waals surface area contributed by atoms with Crippen LogP contribution < -0.4 is 20.1 Å². The zero-order chi connectivity index (χ0) is 21.8. The van der Waals surface area contributed by atoms with Crippen LogP contribution in [0.4, 0.5) is 13.2 Å². The number of fused-ring (bicyclic) bond motifs is 1. The minimum Gasteiger partial charge on any atom is -0.487 e. The first-order valence-electron chi connectivity index (χ1n) is 9.55. The van der Waals surface area contributed by atoms with Gasteiger partial charge in [0.2, 0.25) is 5.88 Å². The molecule has 0 radical (unpaired) electrons. The van der Waals surface area contributed by atoms with Crippen molar-refractivity contribution in [3.05, 3.63) is 53.7 Å². The Morgan fingerprint density at radius 3 is 2.74 bits per heavy atom. The summed E-state index contributed by atoms with van der Waals surface area (Å²) in [5.41, 5.74) is 1.44. The first-order valence-corrected chi connectivity index (χ1v) is 9.55. The topological polar surface area (TPSA) is 67.8 Å². The SMILES string of the molecule is CN=C(NCc1ccnc(OCC(F)(F)F)c1)NC1CC(C)(C)Oc2ccccc21.I. The molecule has 0 saturated carbocycles. The number of halogens is 4. The molecule has 3 rings (SSSR count). The van der Waals surface area contributed by atoms with Crippen LogP contribution >= 0.6 is 24.0 Å². The van der Waals surface area contributed by atoms with Crippen LogP contribution in [0.3, 0.4) is 0 Å². The van der Waals surface area contributed by atoms with Crippen LogP contribution in [0.5, 0.6) is 11.6 Å². The van der Waals surface area contributed by atoms with Crippen molar-refractivity contribution in [2.45, 2.75) is 44.6 Å². The number of alkyl halides is 3. The van der Waals surface area contributed by atoms with Crippen molar-refractivity contribution in [2.75, 3.05) is 13.7 Å². The fraction of sp³-hybridized carbons (Fsp3) is 0.429. The van der Waals surface area contributed by atoms with Crippen LogP contribution in [0.15, 0.2) is 47.6 Å². The van der Waals surface area contributed by atoms with E-state index in [2.05, 4.69) is 20.6 Å². The minimum absolute atomic E-state index is 0. The lowest BCUT2D eigenvalue weighted by Crippen LogP contribution is -2.45. The molecule has 1 aromatic carbocycles.